The van der Waals surface area contributed by atoms with E-state index in [2.05, 4.69) is 5.32 Å². The monoisotopic (exact) mass is 341 g/mol. The second-order valence-corrected chi connectivity index (χ2v) is 6.02. The fourth-order valence-corrected chi connectivity index (χ4v) is 2.52. The van der Waals surface area contributed by atoms with Gasteiger partial charge in [0.15, 0.2) is 0 Å². The smallest absolute Gasteiger partial charge is 0.303 e. The lowest BCUT2D eigenvalue weighted by atomic mass is 10.0. The molecule has 0 aliphatic heterocycles. The maximum atomic E-state index is 12.2. The molecule has 0 saturated carbocycles. The average Bonchev–Trinajstić information content (AvgIpc) is 2.51. The van der Waals surface area contributed by atoms with Gasteiger partial charge < -0.3 is 15.5 Å². The van der Waals surface area contributed by atoms with E-state index in [1.807, 2.05) is 6.92 Å². The number of benzene rings is 1. The van der Waals surface area contributed by atoms with Gasteiger partial charge in [-0.25, -0.2) is 0 Å². The third-order valence-corrected chi connectivity index (χ3v) is 3.96. The summed E-state index contributed by atoms with van der Waals surface area (Å²) in [5, 5.41) is 21.6. The van der Waals surface area contributed by atoms with Crippen LogP contribution in [-0.2, 0) is 4.79 Å². The van der Waals surface area contributed by atoms with E-state index in [1.54, 1.807) is 0 Å². The molecule has 1 atom stereocenters. The van der Waals surface area contributed by atoms with Crippen molar-refractivity contribution < 1.29 is 19.8 Å². The first kappa shape index (κ1) is 19.3. The number of unbranched alkanes of at least 4 members (excludes halogenated alkanes) is 3. The number of nitrogens with one attached hydrogen (secondary N) is 1. The number of phenols is 1. The topological polar surface area (TPSA) is 86.6 Å². The van der Waals surface area contributed by atoms with Gasteiger partial charge in [-0.15, -0.1) is 0 Å². The highest BCUT2D eigenvalue weighted by Crippen LogP contribution is 2.21. The number of rotatable bonds is 10. The number of halogens is 1. The van der Waals surface area contributed by atoms with Gasteiger partial charge in [0.1, 0.15) is 5.75 Å². The van der Waals surface area contributed by atoms with Crippen LogP contribution < -0.4 is 5.32 Å². The third-order valence-electron chi connectivity index (χ3n) is 3.72. The predicted molar refractivity (Wildman–Crippen MR) is 90.0 cm³/mol. The fraction of sp³-hybridized carbons (Fsp3) is 0.529. The molecule has 23 heavy (non-hydrogen) atoms. The van der Waals surface area contributed by atoms with E-state index < -0.39 is 5.97 Å². The molecule has 0 aliphatic carbocycles. The van der Waals surface area contributed by atoms with E-state index in [0.717, 1.165) is 32.1 Å². The van der Waals surface area contributed by atoms with E-state index in [0.29, 0.717) is 11.4 Å². The summed E-state index contributed by atoms with van der Waals surface area (Å²) in [5.74, 6) is -1.18. The molecule has 1 amide bonds. The van der Waals surface area contributed by atoms with Gasteiger partial charge >= 0.3 is 5.97 Å². The molecule has 3 N–H and O–H groups in total. The lowest BCUT2D eigenvalue weighted by Gasteiger charge is -2.17. The Kier molecular flexibility index (Phi) is 8.48. The van der Waals surface area contributed by atoms with Crippen molar-refractivity contribution in [2.45, 2.75) is 57.9 Å². The number of amides is 1. The van der Waals surface area contributed by atoms with Gasteiger partial charge in [0.05, 0.1) is 5.56 Å². The predicted octanol–water partition coefficient (Wildman–Crippen LogP) is 3.98. The van der Waals surface area contributed by atoms with Crippen molar-refractivity contribution >= 4 is 23.5 Å². The summed E-state index contributed by atoms with van der Waals surface area (Å²) in [6.07, 6.45) is 5.28. The van der Waals surface area contributed by atoms with Gasteiger partial charge in [-0.1, -0.05) is 37.8 Å². The number of hydrogen-bond donors (Lipinski definition) is 3. The molecular weight excluding hydrogens is 318 g/mol. The molecule has 0 fully saturated rings. The molecule has 1 aromatic rings. The number of aliphatic carboxylic acids is 1. The fourth-order valence-electron chi connectivity index (χ4n) is 2.35. The minimum Gasteiger partial charge on any atom is -0.507 e. The molecule has 0 heterocycles. The Morgan fingerprint density at radius 2 is 1.91 bits per heavy atom. The van der Waals surface area contributed by atoms with Crippen LogP contribution in [-0.4, -0.2) is 28.1 Å². The normalized spacial score (nSPS) is 11.9. The Labute approximate surface area is 141 Å². The molecule has 0 spiro atoms. The summed E-state index contributed by atoms with van der Waals surface area (Å²) >= 11 is 5.85. The van der Waals surface area contributed by atoms with Crippen LogP contribution in [0.3, 0.4) is 0 Å². The number of carbonyl (C=O) groups is 2. The summed E-state index contributed by atoms with van der Waals surface area (Å²) in [5.41, 5.74) is 0.178. The maximum Gasteiger partial charge on any atom is 0.303 e. The molecule has 5 nitrogen and oxygen atoms in total. The van der Waals surface area contributed by atoms with Gasteiger partial charge in [0.2, 0.25) is 0 Å². The molecular formula is C17H24ClNO4. The van der Waals surface area contributed by atoms with E-state index in [-0.39, 0.29) is 29.7 Å². The Hall–Kier alpha value is -1.75. The summed E-state index contributed by atoms with van der Waals surface area (Å²) in [4.78, 5) is 22.6. The first-order valence-electron chi connectivity index (χ1n) is 7.95. The summed E-state index contributed by atoms with van der Waals surface area (Å²) in [6, 6.07) is 4.41. The van der Waals surface area contributed by atoms with Crippen LogP contribution in [0.15, 0.2) is 18.2 Å². The van der Waals surface area contributed by atoms with Crippen molar-refractivity contribution in [1.29, 1.82) is 0 Å². The van der Waals surface area contributed by atoms with Gasteiger partial charge in [-0.3, -0.25) is 9.59 Å². The first-order valence-corrected chi connectivity index (χ1v) is 8.33. The van der Waals surface area contributed by atoms with Crippen LogP contribution in [0, 0.1) is 0 Å². The largest absolute Gasteiger partial charge is 0.507 e. The van der Waals surface area contributed by atoms with Crippen LogP contribution in [0.5, 0.6) is 5.75 Å². The SMILES string of the molecule is CCC(CCCCCCC(=O)O)NC(=O)c1cc(Cl)ccc1O. The highest BCUT2D eigenvalue weighted by atomic mass is 35.5. The number of carboxylic acid groups (broad SMARTS) is 1. The van der Waals surface area contributed by atoms with Crippen LogP contribution in [0.1, 0.15) is 62.2 Å². The first-order chi connectivity index (χ1) is 10.9. The van der Waals surface area contributed by atoms with E-state index >= 15 is 0 Å². The van der Waals surface area contributed by atoms with Crippen molar-refractivity contribution in [3.63, 3.8) is 0 Å². The number of hydrogen-bond acceptors (Lipinski definition) is 3. The molecule has 1 aromatic carbocycles. The lowest BCUT2D eigenvalue weighted by molar-refractivity contribution is -0.137. The second-order valence-electron chi connectivity index (χ2n) is 5.59. The maximum absolute atomic E-state index is 12.2. The Morgan fingerprint density at radius 1 is 1.22 bits per heavy atom. The molecule has 6 heteroatoms. The van der Waals surface area contributed by atoms with E-state index in [9.17, 15) is 14.7 Å². The summed E-state index contributed by atoms with van der Waals surface area (Å²) in [6.45, 7) is 1.99. The van der Waals surface area contributed by atoms with Crippen molar-refractivity contribution in [3.05, 3.63) is 28.8 Å². The van der Waals surface area contributed by atoms with Crippen LogP contribution in [0.2, 0.25) is 5.02 Å². The molecule has 1 unspecified atom stereocenters. The Balaban J connectivity index is 2.39. The zero-order chi connectivity index (χ0) is 17.2. The zero-order valence-electron chi connectivity index (χ0n) is 13.3. The van der Waals surface area contributed by atoms with Gasteiger partial charge in [0, 0.05) is 17.5 Å². The van der Waals surface area contributed by atoms with Gasteiger partial charge in [-0.2, -0.15) is 0 Å². The summed E-state index contributed by atoms with van der Waals surface area (Å²) in [7, 11) is 0. The van der Waals surface area contributed by atoms with Crippen LogP contribution in [0.25, 0.3) is 0 Å². The second kappa shape index (κ2) is 10.1. The van der Waals surface area contributed by atoms with E-state index in [4.69, 9.17) is 16.7 Å². The molecule has 0 radical (unpaired) electrons. The third kappa shape index (κ3) is 7.37. The Morgan fingerprint density at radius 3 is 2.57 bits per heavy atom. The van der Waals surface area contributed by atoms with Gasteiger partial charge in [-0.05, 0) is 37.5 Å². The molecule has 0 aromatic heterocycles. The lowest BCUT2D eigenvalue weighted by Crippen LogP contribution is -2.34. The average molecular weight is 342 g/mol. The zero-order valence-corrected chi connectivity index (χ0v) is 14.1. The number of phenolic OH excluding ortho intramolecular Hbond substituents is 1. The number of aromatic hydroxyl groups is 1. The molecule has 0 saturated heterocycles. The van der Waals surface area contributed by atoms with Crippen LogP contribution in [0.4, 0.5) is 0 Å². The quantitative estimate of drug-likeness (QED) is 0.562. The van der Waals surface area contributed by atoms with Crippen molar-refractivity contribution in [2.24, 2.45) is 0 Å². The number of carboxylic acids is 1. The van der Waals surface area contributed by atoms with E-state index in [1.165, 1.54) is 18.2 Å². The van der Waals surface area contributed by atoms with Crippen molar-refractivity contribution in [3.8, 4) is 5.75 Å². The van der Waals surface area contributed by atoms with Crippen molar-refractivity contribution in [2.75, 3.05) is 0 Å². The summed E-state index contributed by atoms with van der Waals surface area (Å²) < 4.78 is 0. The molecule has 128 valence electrons. The highest BCUT2D eigenvalue weighted by molar-refractivity contribution is 6.31. The Bertz CT molecular complexity index is 533. The van der Waals surface area contributed by atoms with Gasteiger partial charge in [0.25, 0.3) is 5.91 Å². The molecule has 1 rings (SSSR count). The number of carbonyl (C=O) groups excluding carboxylic acids is 1. The minimum absolute atomic E-state index is 0.0281. The highest BCUT2D eigenvalue weighted by Gasteiger charge is 2.15. The molecule has 0 bridgehead atoms. The van der Waals surface area contributed by atoms with Crippen molar-refractivity contribution in [1.82, 2.24) is 5.32 Å². The standard InChI is InChI=1S/C17H24ClNO4/c1-2-13(7-5-3-4-6-8-16(21)22)19-17(23)14-11-12(18)9-10-15(14)20/h9-11,13,20H,2-8H2,1H3,(H,19,23)(H,21,22). The minimum atomic E-state index is -0.759. The van der Waals surface area contributed by atoms with Crippen LogP contribution >= 0.6 is 11.6 Å². The molecule has 0 aliphatic rings.